The molecule has 0 atom stereocenters. The molecule has 0 saturated carbocycles. The molecule has 4 rings (SSSR count). The highest BCUT2D eigenvalue weighted by Crippen LogP contribution is 2.26. The van der Waals surface area contributed by atoms with E-state index in [1.54, 1.807) is 12.1 Å². The summed E-state index contributed by atoms with van der Waals surface area (Å²) in [6.45, 7) is 0.381. The molecular weight excluding hydrogens is 362 g/mol. The molecular formula is C22H24F2N2O2. The Morgan fingerprint density at radius 3 is 2.25 bits per heavy atom. The van der Waals surface area contributed by atoms with E-state index >= 15 is 0 Å². The molecule has 6 heteroatoms. The van der Waals surface area contributed by atoms with Crippen molar-refractivity contribution in [2.24, 2.45) is 0 Å². The van der Waals surface area contributed by atoms with Crippen LogP contribution in [0.15, 0.2) is 48.5 Å². The number of hydrogen-bond acceptors (Lipinski definition) is 3. The Bertz CT molecular complexity index is 801. The van der Waals surface area contributed by atoms with Crippen LogP contribution in [0, 0.1) is 0 Å². The first-order chi connectivity index (χ1) is 13.6. The highest BCUT2D eigenvalue weighted by Gasteiger charge is 2.29. The average Bonchev–Trinajstić information content (AvgIpc) is 2.97. The van der Waals surface area contributed by atoms with Crippen molar-refractivity contribution in [1.82, 2.24) is 9.80 Å². The lowest BCUT2D eigenvalue weighted by Gasteiger charge is -2.27. The summed E-state index contributed by atoms with van der Waals surface area (Å²) in [7, 11) is 0. The van der Waals surface area contributed by atoms with Gasteiger partial charge in [0.15, 0.2) is 0 Å². The number of rotatable bonds is 4. The van der Waals surface area contributed by atoms with E-state index in [9.17, 15) is 13.6 Å². The molecule has 0 aromatic heterocycles. The molecule has 1 aliphatic carbocycles. The maximum atomic E-state index is 12.8. The van der Waals surface area contributed by atoms with Crippen LogP contribution in [0.25, 0.3) is 0 Å². The molecule has 2 aliphatic rings. The Labute approximate surface area is 163 Å². The number of alkyl halides is 2. The van der Waals surface area contributed by atoms with Gasteiger partial charge in [0.05, 0.1) is 0 Å². The topological polar surface area (TPSA) is 32.8 Å². The summed E-state index contributed by atoms with van der Waals surface area (Å²) in [5, 5.41) is 0. The Kier molecular flexibility index (Phi) is 5.57. The zero-order valence-electron chi connectivity index (χ0n) is 15.7. The summed E-state index contributed by atoms with van der Waals surface area (Å²) < 4.78 is 28.9. The minimum Gasteiger partial charge on any atom is -0.435 e. The largest absolute Gasteiger partial charge is 0.435 e. The maximum Gasteiger partial charge on any atom is 0.387 e. The maximum absolute atomic E-state index is 12.8. The van der Waals surface area contributed by atoms with Gasteiger partial charge in [0.1, 0.15) is 5.75 Å². The standard InChI is InChI=1S/C22H24F2N2O2/c23-22(24)28-20-8-6-16(7-9-20)21(27)26-11-3-10-25(12-13-26)19-14-17-4-1-2-5-18(17)15-19/h1-2,4-9,19,22H,3,10-15H2. The molecule has 0 spiro atoms. The third-order valence-electron chi connectivity index (χ3n) is 5.69. The SMILES string of the molecule is O=C(c1ccc(OC(F)F)cc1)N1CCCN(C2Cc3ccccc3C2)CC1. The second-order valence-electron chi connectivity index (χ2n) is 7.42. The number of carbonyl (C=O) groups excluding carboxylic acids is 1. The van der Waals surface area contributed by atoms with Crippen molar-refractivity contribution in [1.29, 1.82) is 0 Å². The van der Waals surface area contributed by atoms with Gasteiger partial charge in [-0.1, -0.05) is 24.3 Å². The van der Waals surface area contributed by atoms with Gasteiger partial charge in [0.25, 0.3) is 5.91 Å². The number of nitrogens with zero attached hydrogens (tertiary/aromatic N) is 2. The van der Waals surface area contributed by atoms with E-state index in [1.807, 2.05) is 4.90 Å². The minimum atomic E-state index is -2.86. The highest BCUT2D eigenvalue weighted by molar-refractivity contribution is 5.94. The van der Waals surface area contributed by atoms with E-state index in [0.29, 0.717) is 24.7 Å². The third-order valence-corrected chi connectivity index (χ3v) is 5.69. The van der Waals surface area contributed by atoms with Crippen molar-refractivity contribution >= 4 is 5.91 Å². The Morgan fingerprint density at radius 2 is 1.61 bits per heavy atom. The van der Waals surface area contributed by atoms with Crippen LogP contribution >= 0.6 is 0 Å². The van der Waals surface area contributed by atoms with Gasteiger partial charge in [0.2, 0.25) is 0 Å². The van der Waals surface area contributed by atoms with Crippen LogP contribution in [0.5, 0.6) is 5.75 Å². The van der Waals surface area contributed by atoms with Crippen LogP contribution in [-0.2, 0) is 12.8 Å². The number of ether oxygens (including phenoxy) is 1. The highest BCUT2D eigenvalue weighted by atomic mass is 19.3. The van der Waals surface area contributed by atoms with Crippen LogP contribution in [0.4, 0.5) is 8.78 Å². The molecule has 28 heavy (non-hydrogen) atoms. The first-order valence-corrected chi connectivity index (χ1v) is 9.75. The van der Waals surface area contributed by atoms with Gasteiger partial charge in [-0.3, -0.25) is 9.69 Å². The van der Waals surface area contributed by atoms with Gasteiger partial charge in [-0.15, -0.1) is 0 Å². The summed E-state index contributed by atoms with van der Waals surface area (Å²) in [4.78, 5) is 17.2. The molecule has 1 amide bonds. The van der Waals surface area contributed by atoms with Crippen molar-refractivity contribution in [3.63, 3.8) is 0 Å². The zero-order valence-corrected chi connectivity index (χ0v) is 15.7. The average molecular weight is 386 g/mol. The third kappa shape index (κ3) is 4.17. The smallest absolute Gasteiger partial charge is 0.387 e. The van der Waals surface area contributed by atoms with Gasteiger partial charge in [0, 0.05) is 37.8 Å². The molecule has 0 unspecified atom stereocenters. The second-order valence-corrected chi connectivity index (χ2v) is 7.42. The van der Waals surface area contributed by atoms with E-state index < -0.39 is 6.61 Å². The van der Waals surface area contributed by atoms with Crippen LogP contribution in [0.3, 0.4) is 0 Å². The monoisotopic (exact) mass is 386 g/mol. The van der Waals surface area contributed by atoms with Crippen LogP contribution < -0.4 is 4.74 Å². The number of carbonyl (C=O) groups is 1. The number of fused-ring (bicyclic) bond motifs is 1. The number of amides is 1. The molecule has 0 bridgehead atoms. The lowest BCUT2D eigenvalue weighted by atomic mass is 10.1. The molecule has 2 aromatic carbocycles. The van der Waals surface area contributed by atoms with Crippen LogP contribution in [-0.4, -0.2) is 54.5 Å². The minimum absolute atomic E-state index is 0.0554. The second kappa shape index (κ2) is 8.27. The van der Waals surface area contributed by atoms with Crippen LogP contribution in [0.2, 0.25) is 0 Å². The molecule has 4 nitrogen and oxygen atoms in total. The summed E-state index contributed by atoms with van der Waals surface area (Å²) in [6.07, 6.45) is 3.09. The van der Waals surface area contributed by atoms with Crippen molar-refractivity contribution in [2.75, 3.05) is 26.2 Å². The van der Waals surface area contributed by atoms with E-state index in [0.717, 1.165) is 32.4 Å². The summed E-state index contributed by atoms with van der Waals surface area (Å²) in [5.41, 5.74) is 3.38. The molecule has 2 aromatic rings. The van der Waals surface area contributed by atoms with Gasteiger partial charge < -0.3 is 9.64 Å². The Morgan fingerprint density at radius 1 is 0.929 bits per heavy atom. The summed E-state index contributed by atoms with van der Waals surface area (Å²) in [5.74, 6) is 0.00884. The molecule has 1 heterocycles. The van der Waals surface area contributed by atoms with Crippen molar-refractivity contribution < 1.29 is 18.3 Å². The lowest BCUT2D eigenvalue weighted by Crippen LogP contribution is -2.40. The van der Waals surface area contributed by atoms with E-state index in [-0.39, 0.29) is 11.7 Å². The molecule has 148 valence electrons. The molecule has 1 saturated heterocycles. The van der Waals surface area contributed by atoms with Crippen molar-refractivity contribution in [3.05, 3.63) is 65.2 Å². The van der Waals surface area contributed by atoms with Crippen LogP contribution in [0.1, 0.15) is 27.9 Å². The van der Waals surface area contributed by atoms with E-state index in [1.165, 1.54) is 23.3 Å². The fourth-order valence-corrected chi connectivity index (χ4v) is 4.26. The molecule has 0 radical (unpaired) electrons. The fraction of sp³-hybridized carbons (Fsp3) is 0.409. The predicted molar refractivity (Wildman–Crippen MR) is 103 cm³/mol. The molecule has 1 fully saturated rings. The number of benzene rings is 2. The van der Waals surface area contributed by atoms with Gasteiger partial charge in [-0.25, -0.2) is 0 Å². The van der Waals surface area contributed by atoms with Crippen molar-refractivity contribution in [3.8, 4) is 5.75 Å². The first-order valence-electron chi connectivity index (χ1n) is 9.75. The first kappa shape index (κ1) is 18.9. The van der Waals surface area contributed by atoms with E-state index in [2.05, 4.69) is 33.9 Å². The molecule has 0 N–H and O–H groups in total. The summed E-state index contributed by atoms with van der Waals surface area (Å²) in [6, 6.07) is 15.1. The zero-order chi connectivity index (χ0) is 19.5. The lowest BCUT2D eigenvalue weighted by molar-refractivity contribution is -0.0498. The fourth-order valence-electron chi connectivity index (χ4n) is 4.26. The Hall–Kier alpha value is -2.47. The molecule has 1 aliphatic heterocycles. The van der Waals surface area contributed by atoms with Gasteiger partial charge in [-0.2, -0.15) is 8.78 Å². The quantitative estimate of drug-likeness (QED) is 0.805. The normalized spacial score (nSPS) is 18.2. The summed E-state index contributed by atoms with van der Waals surface area (Å²) >= 11 is 0. The number of halogens is 2. The van der Waals surface area contributed by atoms with E-state index in [4.69, 9.17) is 0 Å². The number of hydrogen-bond donors (Lipinski definition) is 0. The Balaban J connectivity index is 1.35. The van der Waals surface area contributed by atoms with Crippen molar-refractivity contribution in [2.45, 2.75) is 31.9 Å². The van der Waals surface area contributed by atoms with Gasteiger partial charge in [-0.05, 0) is 54.7 Å². The van der Waals surface area contributed by atoms with Gasteiger partial charge >= 0.3 is 6.61 Å². The predicted octanol–water partition coefficient (Wildman–Crippen LogP) is 3.60.